The number of nitrogens with one attached hydrogen (secondary N) is 1. The lowest BCUT2D eigenvalue weighted by atomic mass is 10.3. The van der Waals surface area contributed by atoms with Crippen LogP contribution in [-0.4, -0.2) is 39.7 Å². The number of aliphatic carboxylic acids is 1. The zero-order valence-corrected chi connectivity index (χ0v) is 7.57. The summed E-state index contributed by atoms with van der Waals surface area (Å²) in [7, 11) is 0. The van der Waals surface area contributed by atoms with Crippen molar-refractivity contribution in [2.75, 3.05) is 18.1 Å². The van der Waals surface area contributed by atoms with E-state index in [1.807, 2.05) is 0 Å². The number of thiol groups is 1. The maximum atomic E-state index is 10.3. The predicted molar refractivity (Wildman–Crippen MR) is 48.4 cm³/mol. The Morgan fingerprint density at radius 2 is 2.36 bits per heavy atom. The first kappa shape index (κ1) is 11.1. The Balaban J connectivity index is 3.44. The van der Waals surface area contributed by atoms with Crippen molar-refractivity contribution in [3.8, 4) is 0 Å². The van der Waals surface area contributed by atoms with Crippen LogP contribution in [0.1, 0.15) is 0 Å². The van der Waals surface area contributed by atoms with Crippen molar-refractivity contribution in [2.45, 2.75) is 6.04 Å². The molecule has 0 aliphatic heterocycles. The summed E-state index contributed by atoms with van der Waals surface area (Å²) in [5.74, 6) is -0.175. The molecule has 0 aromatic rings. The van der Waals surface area contributed by atoms with Crippen molar-refractivity contribution >= 4 is 30.6 Å². The van der Waals surface area contributed by atoms with Crippen LogP contribution < -0.4 is 5.32 Å². The fraction of sp³-hybridized carbons (Fsp3) is 0.800. The SMILES string of the molecule is O=C(O)C(CS)NCCSO. The van der Waals surface area contributed by atoms with Crippen LogP contribution in [0, 0.1) is 0 Å². The van der Waals surface area contributed by atoms with Crippen molar-refractivity contribution in [3.63, 3.8) is 0 Å². The molecule has 6 heteroatoms. The first-order chi connectivity index (χ1) is 5.22. The Morgan fingerprint density at radius 1 is 1.73 bits per heavy atom. The Kier molecular flexibility index (Phi) is 6.83. The van der Waals surface area contributed by atoms with Gasteiger partial charge in [-0.15, -0.1) is 0 Å². The van der Waals surface area contributed by atoms with Crippen LogP contribution in [0.15, 0.2) is 0 Å². The molecular formula is C5H11NO3S2. The van der Waals surface area contributed by atoms with Gasteiger partial charge in [0.25, 0.3) is 0 Å². The van der Waals surface area contributed by atoms with Crippen LogP contribution in [-0.2, 0) is 4.79 Å². The van der Waals surface area contributed by atoms with Crippen molar-refractivity contribution < 1.29 is 14.5 Å². The topological polar surface area (TPSA) is 69.6 Å². The highest BCUT2D eigenvalue weighted by Crippen LogP contribution is 1.91. The minimum absolute atomic E-state index is 0.255. The van der Waals surface area contributed by atoms with Crippen LogP contribution in [0.3, 0.4) is 0 Å². The number of hydrogen-bond acceptors (Lipinski definition) is 5. The van der Waals surface area contributed by atoms with Crippen LogP contribution in [0.4, 0.5) is 0 Å². The third kappa shape index (κ3) is 5.37. The molecular weight excluding hydrogens is 186 g/mol. The summed E-state index contributed by atoms with van der Waals surface area (Å²) in [6.45, 7) is 0.471. The third-order valence-electron chi connectivity index (χ3n) is 1.06. The van der Waals surface area contributed by atoms with Crippen LogP contribution >= 0.6 is 24.7 Å². The number of carbonyl (C=O) groups is 1. The van der Waals surface area contributed by atoms with Gasteiger partial charge in [-0.3, -0.25) is 4.79 Å². The van der Waals surface area contributed by atoms with E-state index >= 15 is 0 Å². The van der Waals surface area contributed by atoms with E-state index in [1.165, 1.54) is 0 Å². The lowest BCUT2D eigenvalue weighted by Gasteiger charge is -2.09. The zero-order valence-electron chi connectivity index (χ0n) is 5.86. The smallest absolute Gasteiger partial charge is 0.321 e. The molecule has 0 spiro atoms. The molecule has 0 radical (unpaired) electrons. The van der Waals surface area contributed by atoms with Crippen molar-refractivity contribution in [1.82, 2.24) is 5.32 Å². The van der Waals surface area contributed by atoms with E-state index in [0.29, 0.717) is 24.3 Å². The fourth-order valence-electron chi connectivity index (χ4n) is 0.509. The summed E-state index contributed by atoms with van der Waals surface area (Å²) >= 11 is 4.53. The molecule has 0 saturated heterocycles. The Labute approximate surface area is 75.0 Å². The molecule has 11 heavy (non-hydrogen) atoms. The number of carboxylic acids is 1. The van der Waals surface area contributed by atoms with Crippen molar-refractivity contribution in [1.29, 1.82) is 0 Å². The Morgan fingerprint density at radius 3 is 2.73 bits per heavy atom. The van der Waals surface area contributed by atoms with Gasteiger partial charge in [-0.25, -0.2) is 0 Å². The summed E-state index contributed by atoms with van der Waals surface area (Å²) in [6.07, 6.45) is 0. The molecule has 1 unspecified atom stereocenters. The van der Waals surface area contributed by atoms with Crippen LogP contribution in [0.2, 0.25) is 0 Å². The van der Waals surface area contributed by atoms with Gasteiger partial charge in [-0.05, 0) is 12.0 Å². The minimum atomic E-state index is -0.914. The molecule has 66 valence electrons. The zero-order chi connectivity index (χ0) is 8.69. The predicted octanol–water partition coefficient (Wildman–Crippen LogP) is 0.165. The lowest BCUT2D eigenvalue weighted by Crippen LogP contribution is -2.39. The largest absolute Gasteiger partial charge is 0.480 e. The third-order valence-corrected chi connectivity index (χ3v) is 1.82. The lowest BCUT2D eigenvalue weighted by molar-refractivity contribution is -0.138. The van der Waals surface area contributed by atoms with E-state index in [1.54, 1.807) is 0 Å². The second kappa shape index (κ2) is 6.78. The molecule has 0 aliphatic rings. The normalized spacial score (nSPS) is 12.9. The Hall–Kier alpha value is 0.0900. The second-order valence-electron chi connectivity index (χ2n) is 1.86. The first-order valence-electron chi connectivity index (χ1n) is 3.05. The highest BCUT2D eigenvalue weighted by atomic mass is 32.2. The molecule has 0 rings (SSSR count). The molecule has 0 heterocycles. The molecule has 3 N–H and O–H groups in total. The van der Waals surface area contributed by atoms with Crippen LogP contribution in [0.5, 0.6) is 0 Å². The molecule has 4 nitrogen and oxygen atoms in total. The second-order valence-corrected chi connectivity index (χ2v) is 2.89. The summed E-state index contributed by atoms with van der Waals surface area (Å²) in [5, 5.41) is 11.2. The Bertz CT molecular complexity index is 122. The maximum Gasteiger partial charge on any atom is 0.321 e. The molecule has 0 amide bonds. The van der Waals surface area contributed by atoms with Gasteiger partial charge in [0.15, 0.2) is 0 Å². The van der Waals surface area contributed by atoms with Crippen molar-refractivity contribution in [2.24, 2.45) is 0 Å². The number of carboxylic acid groups (broad SMARTS) is 1. The van der Waals surface area contributed by atoms with Gasteiger partial charge in [-0.2, -0.15) is 12.6 Å². The van der Waals surface area contributed by atoms with E-state index in [2.05, 4.69) is 17.9 Å². The average molecular weight is 197 g/mol. The molecule has 0 aliphatic carbocycles. The van der Waals surface area contributed by atoms with E-state index < -0.39 is 12.0 Å². The first-order valence-corrected chi connectivity index (χ1v) is 4.63. The molecule has 0 aromatic carbocycles. The fourth-order valence-corrected chi connectivity index (χ4v) is 1.00. The monoisotopic (exact) mass is 197 g/mol. The number of hydrogen-bond donors (Lipinski definition) is 4. The molecule has 0 fully saturated rings. The number of rotatable bonds is 6. The van der Waals surface area contributed by atoms with Gasteiger partial charge in [-0.1, -0.05) is 0 Å². The van der Waals surface area contributed by atoms with Gasteiger partial charge in [0.05, 0.1) is 0 Å². The van der Waals surface area contributed by atoms with Gasteiger partial charge in [0.1, 0.15) is 6.04 Å². The summed E-state index contributed by atoms with van der Waals surface area (Å²) in [6, 6.07) is -0.620. The van der Waals surface area contributed by atoms with Gasteiger partial charge >= 0.3 is 5.97 Å². The van der Waals surface area contributed by atoms with E-state index in [-0.39, 0.29) is 5.75 Å². The molecule has 0 aromatic heterocycles. The average Bonchev–Trinajstić information content (AvgIpc) is 1.97. The van der Waals surface area contributed by atoms with Crippen molar-refractivity contribution in [3.05, 3.63) is 0 Å². The highest BCUT2D eigenvalue weighted by Gasteiger charge is 2.13. The summed E-state index contributed by atoms with van der Waals surface area (Å²) < 4.78 is 8.30. The van der Waals surface area contributed by atoms with Gasteiger partial charge < -0.3 is 15.0 Å². The molecule has 0 saturated carbocycles. The summed E-state index contributed by atoms with van der Waals surface area (Å²) in [5.41, 5.74) is 0. The van der Waals surface area contributed by atoms with E-state index in [0.717, 1.165) is 0 Å². The molecule has 0 bridgehead atoms. The van der Waals surface area contributed by atoms with E-state index in [9.17, 15) is 4.79 Å². The quantitative estimate of drug-likeness (QED) is 0.277. The maximum absolute atomic E-state index is 10.3. The summed E-state index contributed by atoms with van der Waals surface area (Å²) in [4.78, 5) is 10.3. The van der Waals surface area contributed by atoms with Gasteiger partial charge in [0, 0.05) is 18.1 Å². The van der Waals surface area contributed by atoms with E-state index in [4.69, 9.17) is 9.66 Å². The van der Waals surface area contributed by atoms with Gasteiger partial charge in [0.2, 0.25) is 0 Å². The standard InChI is InChI=1S/C5H11NO3S2/c7-5(8)4(3-10)6-1-2-11-9/h4,6,9-10H,1-3H2,(H,7,8). The minimum Gasteiger partial charge on any atom is -0.480 e. The van der Waals surface area contributed by atoms with Crippen LogP contribution in [0.25, 0.3) is 0 Å². The highest BCUT2D eigenvalue weighted by molar-refractivity contribution is 7.93. The molecule has 1 atom stereocenters.